The molecule has 0 bridgehead atoms. The second kappa shape index (κ2) is 4.85. The molecular formula is C14H13F3O3. The van der Waals surface area contributed by atoms with Crippen molar-refractivity contribution in [3.05, 3.63) is 34.9 Å². The first-order chi connectivity index (χ1) is 9.21. The molecule has 0 aliphatic carbocycles. The number of benzene rings is 1. The van der Waals surface area contributed by atoms with E-state index in [2.05, 4.69) is 0 Å². The average molecular weight is 286 g/mol. The van der Waals surface area contributed by atoms with E-state index < -0.39 is 23.8 Å². The molecule has 6 heteroatoms. The van der Waals surface area contributed by atoms with Crippen molar-refractivity contribution in [3.8, 4) is 5.75 Å². The molecule has 1 N–H and O–H groups in total. The molecule has 0 amide bonds. The van der Waals surface area contributed by atoms with E-state index in [-0.39, 0.29) is 11.7 Å². The Morgan fingerprint density at radius 3 is 2.50 bits per heavy atom. The molecule has 0 spiro atoms. The number of alkyl halides is 3. The maximum absolute atomic E-state index is 12.9. The van der Waals surface area contributed by atoms with Gasteiger partial charge in [0.1, 0.15) is 5.75 Å². The van der Waals surface area contributed by atoms with Crippen LogP contribution in [0.1, 0.15) is 30.9 Å². The lowest BCUT2D eigenvalue weighted by molar-refractivity contribution is -0.187. The van der Waals surface area contributed by atoms with Gasteiger partial charge >= 0.3 is 12.1 Å². The van der Waals surface area contributed by atoms with Crippen molar-refractivity contribution >= 4 is 12.0 Å². The van der Waals surface area contributed by atoms with Gasteiger partial charge in [0.25, 0.3) is 0 Å². The van der Waals surface area contributed by atoms with Crippen molar-refractivity contribution < 1.29 is 27.8 Å². The van der Waals surface area contributed by atoms with E-state index in [1.807, 2.05) is 13.8 Å². The Labute approximate surface area is 113 Å². The lowest BCUT2D eigenvalue weighted by Gasteiger charge is -2.29. The molecule has 0 saturated heterocycles. The van der Waals surface area contributed by atoms with Crippen molar-refractivity contribution in [1.82, 2.24) is 0 Å². The molecular weight excluding hydrogens is 273 g/mol. The third kappa shape index (κ3) is 2.50. The standard InChI is InChI=1S/C14H13F3O3/c1-7(2)9-5-3-4-8-6-10(13(18)19)12(14(15,16)17)20-11(8)9/h3-7,12H,1-2H3,(H,18,19). The third-order valence-corrected chi connectivity index (χ3v) is 3.07. The molecule has 1 heterocycles. The summed E-state index contributed by atoms with van der Waals surface area (Å²) in [4.78, 5) is 11.0. The van der Waals surface area contributed by atoms with E-state index in [1.165, 1.54) is 6.07 Å². The molecule has 0 fully saturated rings. The highest BCUT2D eigenvalue weighted by molar-refractivity contribution is 5.95. The van der Waals surface area contributed by atoms with Crippen LogP contribution in [0, 0.1) is 0 Å². The summed E-state index contributed by atoms with van der Waals surface area (Å²) in [6.07, 6.45) is -6.18. The summed E-state index contributed by atoms with van der Waals surface area (Å²) in [7, 11) is 0. The van der Waals surface area contributed by atoms with Gasteiger partial charge in [0.15, 0.2) is 0 Å². The zero-order valence-corrected chi connectivity index (χ0v) is 10.9. The van der Waals surface area contributed by atoms with Crippen LogP contribution in [0.15, 0.2) is 23.8 Å². The van der Waals surface area contributed by atoms with Gasteiger partial charge in [-0.15, -0.1) is 0 Å². The van der Waals surface area contributed by atoms with Gasteiger partial charge in [-0.1, -0.05) is 32.0 Å². The highest BCUT2D eigenvalue weighted by Gasteiger charge is 2.48. The van der Waals surface area contributed by atoms with E-state index in [9.17, 15) is 18.0 Å². The Morgan fingerprint density at radius 1 is 1.35 bits per heavy atom. The molecule has 1 aromatic carbocycles. The Kier molecular flexibility index (Phi) is 3.50. The van der Waals surface area contributed by atoms with Crippen molar-refractivity contribution in [1.29, 1.82) is 0 Å². The minimum absolute atomic E-state index is 0.0291. The van der Waals surface area contributed by atoms with Crippen molar-refractivity contribution in [2.45, 2.75) is 32.0 Å². The Morgan fingerprint density at radius 2 is 2.00 bits per heavy atom. The number of rotatable bonds is 2. The van der Waals surface area contributed by atoms with Crippen LogP contribution in [-0.4, -0.2) is 23.4 Å². The molecule has 1 aliphatic heterocycles. The molecule has 0 saturated carbocycles. The number of aliphatic carboxylic acids is 1. The van der Waals surface area contributed by atoms with Gasteiger partial charge in [0.2, 0.25) is 6.10 Å². The van der Waals surface area contributed by atoms with Gasteiger partial charge in [-0.2, -0.15) is 13.2 Å². The first-order valence-electron chi connectivity index (χ1n) is 6.03. The summed E-state index contributed by atoms with van der Waals surface area (Å²) >= 11 is 0. The van der Waals surface area contributed by atoms with Gasteiger partial charge in [-0.3, -0.25) is 0 Å². The van der Waals surface area contributed by atoms with Gasteiger partial charge < -0.3 is 9.84 Å². The number of para-hydroxylation sites is 1. The molecule has 108 valence electrons. The number of carbonyl (C=O) groups is 1. The van der Waals surface area contributed by atoms with E-state index >= 15 is 0 Å². The number of carboxylic acid groups (broad SMARTS) is 1. The quantitative estimate of drug-likeness (QED) is 0.903. The van der Waals surface area contributed by atoms with Crippen molar-refractivity contribution in [2.24, 2.45) is 0 Å². The summed E-state index contributed by atoms with van der Waals surface area (Å²) in [6, 6.07) is 4.88. The summed E-state index contributed by atoms with van der Waals surface area (Å²) in [5.74, 6) is -1.55. The number of ether oxygens (including phenoxy) is 1. The monoisotopic (exact) mass is 286 g/mol. The second-order valence-electron chi connectivity index (χ2n) is 4.86. The maximum atomic E-state index is 12.9. The van der Waals surface area contributed by atoms with Crippen LogP contribution in [0.25, 0.3) is 6.08 Å². The highest BCUT2D eigenvalue weighted by atomic mass is 19.4. The minimum atomic E-state index is -4.77. The SMILES string of the molecule is CC(C)c1cccc2c1OC(C(F)(F)F)C(C(=O)O)=C2. The zero-order valence-electron chi connectivity index (χ0n) is 10.9. The van der Waals surface area contributed by atoms with Crippen molar-refractivity contribution in [3.63, 3.8) is 0 Å². The van der Waals surface area contributed by atoms with Gasteiger partial charge in [0, 0.05) is 5.56 Å². The molecule has 3 nitrogen and oxygen atoms in total. The zero-order chi connectivity index (χ0) is 15.1. The number of hydrogen-bond acceptors (Lipinski definition) is 2. The van der Waals surface area contributed by atoms with Crippen LogP contribution < -0.4 is 4.74 Å². The van der Waals surface area contributed by atoms with Gasteiger partial charge in [-0.25, -0.2) is 4.79 Å². The molecule has 1 aliphatic rings. The average Bonchev–Trinajstić information content (AvgIpc) is 2.35. The van der Waals surface area contributed by atoms with E-state index in [0.29, 0.717) is 11.1 Å². The molecule has 1 aromatic rings. The predicted octanol–water partition coefficient (Wildman–Crippen LogP) is 3.60. The molecule has 0 aromatic heterocycles. The van der Waals surface area contributed by atoms with Crippen molar-refractivity contribution in [2.75, 3.05) is 0 Å². The van der Waals surface area contributed by atoms with E-state index in [1.54, 1.807) is 12.1 Å². The predicted molar refractivity (Wildman–Crippen MR) is 66.6 cm³/mol. The molecule has 20 heavy (non-hydrogen) atoms. The van der Waals surface area contributed by atoms with Gasteiger partial charge in [0.05, 0.1) is 5.57 Å². The lowest BCUT2D eigenvalue weighted by atomic mass is 9.94. The smallest absolute Gasteiger partial charge is 0.430 e. The summed E-state index contributed by atoms with van der Waals surface area (Å²) in [5, 5.41) is 8.93. The Balaban J connectivity index is 2.60. The lowest BCUT2D eigenvalue weighted by Crippen LogP contribution is -2.40. The maximum Gasteiger partial charge on any atom is 0.430 e. The van der Waals surface area contributed by atoms with E-state index in [0.717, 1.165) is 6.08 Å². The summed E-state index contributed by atoms with van der Waals surface area (Å²) in [5.41, 5.74) is 0.178. The normalized spacial score (nSPS) is 18.3. The minimum Gasteiger partial charge on any atom is -0.478 e. The molecule has 0 radical (unpaired) electrons. The van der Waals surface area contributed by atoms with Crippen LogP contribution >= 0.6 is 0 Å². The second-order valence-corrected chi connectivity index (χ2v) is 4.86. The van der Waals surface area contributed by atoms with Crippen LogP contribution in [0.3, 0.4) is 0 Å². The summed E-state index contributed by atoms with van der Waals surface area (Å²) in [6.45, 7) is 3.66. The topological polar surface area (TPSA) is 46.5 Å². The van der Waals surface area contributed by atoms with Crippen LogP contribution in [-0.2, 0) is 4.79 Å². The van der Waals surface area contributed by atoms with Gasteiger partial charge in [-0.05, 0) is 17.6 Å². The van der Waals surface area contributed by atoms with Crippen LogP contribution in [0.2, 0.25) is 0 Å². The van der Waals surface area contributed by atoms with Crippen LogP contribution in [0.5, 0.6) is 5.75 Å². The van der Waals surface area contributed by atoms with E-state index in [4.69, 9.17) is 9.84 Å². The molecule has 1 unspecified atom stereocenters. The number of halogens is 3. The first kappa shape index (κ1) is 14.4. The molecule has 2 rings (SSSR count). The molecule has 1 atom stereocenters. The Bertz CT molecular complexity index is 574. The summed E-state index contributed by atoms with van der Waals surface area (Å²) < 4.78 is 43.8. The fourth-order valence-electron chi connectivity index (χ4n) is 2.12. The Hall–Kier alpha value is -1.98. The third-order valence-electron chi connectivity index (χ3n) is 3.07. The number of fused-ring (bicyclic) bond motifs is 1. The fraction of sp³-hybridized carbons (Fsp3) is 0.357. The highest BCUT2D eigenvalue weighted by Crippen LogP contribution is 2.40. The fourth-order valence-corrected chi connectivity index (χ4v) is 2.12. The first-order valence-corrected chi connectivity index (χ1v) is 6.03. The largest absolute Gasteiger partial charge is 0.478 e. The van der Waals surface area contributed by atoms with Crippen LogP contribution in [0.4, 0.5) is 13.2 Å². The number of hydrogen-bond donors (Lipinski definition) is 1. The number of carboxylic acids is 1.